The van der Waals surface area contributed by atoms with Crippen LogP contribution in [-0.4, -0.2) is 22.6 Å². The molecule has 1 N–H and O–H groups in total. The summed E-state index contributed by atoms with van der Waals surface area (Å²) in [6.45, 7) is 4.97. The van der Waals surface area contributed by atoms with Gasteiger partial charge in [0.1, 0.15) is 0 Å². The van der Waals surface area contributed by atoms with Gasteiger partial charge in [-0.1, -0.05) is 49.3 Å². The van der Waals surface area contributed by atoms with Crippen molar-refractivity contribution in [2.24, 2.45) is 0 Å². The van der Waals surface area contributed by atoms with E-state index in [1.54, 1.807) is 0 Å². The highest BCUT2D eigenvalue weighted by atomic mass is 16.5. The van der Waals surface area contributed by atoms with Crippen LogP contribution in [0.4, 0.5) is 0 Å². The Morgan fingerprint density at radius 2 is 2.04 bits per heavy atom. The number of carbonyl (C=O) groups is 1. The maximum Gasteiger partial charge on any atom is 0.226 e. The summed E-state index contributed by atoms with van der Waals surface area (Å²) in [7, 11) is 0. The third kappa shape index (κ3) is 6.14. The molecule has 5 heteroatoms. The normalized spacial score (nSPS) is 12.1. The quantitative estimate of drug-likeness (QED) is 0.722. The van der Waals surface area contributed by atoms with E-state index in [1.165, 1.54) is 5.56 Å². The number of nitrogens with zero attached hydrogens (tertiary/aromatic N) is 2. The van der Waals surface area contributed by atoms with Gasteiger partial charge in [0.15, 0.2) is 5.82 Å². The molecule has 0 saturated carbocycles. The molecule has 0 aliphatic rings. The van der Waals surface area contributed by atoms with Gasteiger partial charge < -0.3 is 9.84 Å². The minimum atomic E-state index is 0.0866. The van der Waals surface area contributed by atoms with Gasteiger partial charge in [-0.2, -0.15) is 4.98 Å². The lowest BCUT2D eigenvalue weighted by atomic mass is 9.98. The first-order valence-corrected chi connectivity index (χ1v) is 8.82. The molecule has 0 unspecified atom stereocenters. The number of nitrogens with one attached hydrogen (secondary N) is 1. The monoisotopic (exact) mass is 329 g/mol. The molecule has 0 aliphatic carbocycles. The Hall–Kier alpha value is -2.17. The van der Waals surface area contributed by atoms with Crippen molar-refractivity contribution in [3.8, 4) is 0 Å². The smallest absolute Gasteiger partial charge is 0.226 e. The number of benzene rings is 1. The molecule has 130 valence electrons. The molecule has 1 amide bonds. The highest BCUT2D eigenvalue weighted by Gasteiger charge is 2.08. The molecule has 0 radical (unpaired) electrons. The number of amides is 1. The van der Waals surface area contributed by atoms with E-state index in [1.807, 2.05) is 18.2 Å². The summed E-state index contributed by atoms with van der Waals surface area (Å²) in [5.41, 5.74) is 1.31. The molecule has 1 heterocycles. The first-order valence-electron chi connectivity index (χ1n) is 8.82. The summed E-state index contributed by atoms with van der Waals surface area (Å²) >= 11 is 0. The van der Waals surface area contributed by atoms with E-state index in [9.17, 15) is 4.79 Å². The average molecular weight is 329 g/mol. The van der Waals surface area contributed by atoms with E-state index in [0.717, 1.165) is 31.5 Å². The first kappa shape index (κ1) is 18.2. The molecule has 2 aromatic rings. The predicted octanol–water partition coefficient (Wildman–Crippen LogP) is 3.65. The highest BCUT2D eigenvalue weighted by molar-refractivity contribution is 5.75. The zero-order valence-electron chi connectivity index (χ0n) is 14.6. The molecule has 5 nitrogen and oxygen atoms in total. The van der Waals surface area contributed by atoms with Crippen LogP contribution in [0.2, 0.25) is 0 Å². The van der Waals surface area contributed by atoms with Crippen molar-refractivity contribution in [1.82, 2.24) is 15.5 Å². The van der Waals surface area contributed by atoms with E-state index < -0.39 is 0 Å². The predicted molar refractivity (Wildman–Crippen MR) is 93.7 cm³/mol. The van der Waals surface area contributed by atoms with Crippen LogP contribution in [0.15, 0.2) is 34.9 Å². The van der Waals surface area contributed by atoms with E-state index in [4.69, 9.17) is 4.52 Å². The Balaban J connectivity index is 1.59. The van der Waals surface area contributed by atoms with E-state index in [-0.39, 0.29) is 5.91 Å². The third-order valence-corrected chi connectivity index (χ3v) is 4.05. The second-order valence-electron chi connectivity index (χ2n) is 6.16. The van der Waals surface area contributed by atoms with Crippen molar-refractivity contribution < 1.29 is 9.32 Å². The van der Waals surface area contributed by atoms with Gasteiger partial charge in [0, 0.05) is 25.8 Å². The first-order chi connectivity index (χ1) is 11.7. The highest BCUT2D eigenvalue weighted by Crippen LogP contribution is 2.17. The molecular weight excluding hydrogens is 302 g/mol. The van der Waals surface area contributed by atoms with Crippen molar-refractivity contribution in [2.45, 2.75) is 58.3 Å². The minimum absolute atomic E-state index is 0.0866. The zero-order chi connectivity index (χ0) is 17.2. The maximum absolute atomic E-state index is 11.9. The molecule has 1 atom stereocenters. The Labute approximate surface area is 143 Å². The van der Waals surface area contributed by atoms with Gasteiger partial charge in [-0.15, -0.1) is 0 Å². The molecule has 2 rings (SSSR count). The van der Waals surface area contributed by atoms with Crippen molar-refractivity contribution in [3.63, 3.8) is 0 Å². The largest absolute Gasteiger partial charge is 0.356 e. The van der Waals surface area contributed by atoms with Gasteiger partial charge in [0.05, 0.1) is 0 Å². The summed E-state index contributed by atoms with van der Waals surface area (Å²) in [5.74, 6) is 1.92. The molecule has 0 bridgehead atoms. The lowest BCUT2D eigenvalue weighted by Crippen LogP contribution is -2.25. The standard InChI is InChI=1S/C19H27N3O2/c1-3-8-17-21-19(24-22-17)12-7-11-18(23)20-14-13-15(2)16-9-5-4-6-10-16/h4-6,9-10,15H,3,7-8,11-14H2,1-2H3,(H,20,23)/t15-/m0/s1. The van der Waals surface area contributed by atoms with Crippen LogP contribution in [0, 0.1) is 0 Å². The Kier molecular flexibility index (Phi) is 7.46. The lowest BCUT2D eigenvalue weighted by Gasteiger charge is -2.12. The maximum atomic E-state index is 11.9. The summed E-state index contributed by atoms with van der Waals surface area (Å²) in [5, 5.41) is 6.90. The fourth-order valence-electron chi connectivity index (χ4n) is 2.58. The second kappa shape index (κ2) is 9.85. The molecule has 24 heavy (non-hydrogen) atoms. The zero-order valence-corrected chi connectivity index (χ0v) is 14.6. The van der Waals surface area contributed by atoms with Gasteiger partial charge in [-0.25, -0.2) is 0 Å². The van der Waals surface area contributed by atoms with Gasteiger partial charge in [-0.3, -0.25) is 4.79 Å². The summed E-state index contributed by atoms with van der Waals surface area (Å²) in [6.07, 6.45) is 4.66. The Morgan fingerprint density at radius 3 is 2.79 bits per heavy atom. The number of hydrogen-bond donors (Lipinski definition) is 1. The van der Waals surface area contributed by atoms with Gasteiger partial charge in [0.25, 0.3) is 0 Å². The second-order valence-corrected chi connectivity index (χ2v) is 6.16. The number of carbonyl (C=O) groups excluding carboxylic acids is 1. The average Bonchev–Trinajstić information content (AvgIpc) is 3.03. The van der Waals surface area contributed by atoms with E-state index in [2.05, 4.69) is 41.4 Å². The molecular formula is C19H27N3O2. The fraction of sp³-hybridized carbons (Fsp3) is 0.526. The van der Waals surface area contributed by atoms with Crippen molar-refractivity contribution >= 4 is 5.91 Å². The number of aryl methyl sites for hydroxylation is 2. The van der Waals surface area contributed by atoms with Crippen LogP contribution in [-0.2, 0) is 17.6 Å². The van der Waals surface area contributed by atoms with Crippen LogP contribution in [0.5, 0.6) is 0 Å². The van der Waals surface area contributed by atoms with Crippen LogP contribution in [0.25, 0.3) is 0 Å². The summed E-state index contributed by atoms with van der Waals surface area (Å²) in [4.78, 5) is 16.2. The summed E-state index contributed by atoms with van der Waals surface area (Å²) < 4.78 is 5.17. The summed E-state index contributed by atoms with van der Waals surface area (Å²) in [6, 6.07) is 10.4. The Morgan fingerprint density at radius 1 is 1.25 bits per heavy atom. The third-order valence-electron chi connectivity index (χ3n) is 4.05. The van der Waals surface area contributed by atoms with Crippen LogP contribution >= 0.6 is 0 Å². The van der Waals surface area contributed by atoms with E-state index >= 15 is 0 Å². The number of rotatable bonds is 10. The minimum Gasteiger partial charge on any atom is -0.356 e. The molecule has 0 fully saturated rings. The van der Waals surface area contributed by atoms with Crippen LogP contribution in [0.1, 0.15) is 62.7 Å². The molecule has 0 saturated heterocycles. The van der Waals surface area contributed by atoms with Gasteiger partial charge >= 0.3 is 0 Å². The number of aromatic nitrogens is 2. The van der Waals surface area contributed by atoms with Crippen LogP contribution in [0.3, 0.4) is 0 Å². The molecule has 0 spiro atoms. The molecule has 1 aromatic carbocycles. The van der Waals surface area contributed by atoms with Crippen molar-refractivity contribution in [2.75, 3.05) is 6.54 Å². The van der Waals surface area contributed by atoms with Crippen molar-refractivity contribution in [3.05, 3.63) is 47.6 Å². The lowest BCUT2D eigenvalue weighted by molar-refractivity contribution is -0.121. The van der Waals surface area contributed by atoms with Gasteiger partial charge in [0.2, 0.25) is 11.8 Å². The fourth-order valence-corrected chi connectivity index (χ4v) is 2.58. The Bertz CT molecular complexity index is 610. The topological polar surface area (TPSA) is 68.0 Å². The number of hydrogen-bond acceptors (Lipinski definition) is 4. The molecule has 1 aromatic heterocycles. The van der Waals surface area contributed by atoms with E-state index in [0.29, 0.717) is 31.2 Å². The van der Waals surface area contributed by atoms with Crippen LogP contribution < -0.4 is 5.32 Å². The van der Waals surface area contributed by atoms with Gasteiger partial charge in [-0.05, 0) is 30.7 Å². The van der Waals surface area contributed by atoms with Crippen molar-refractivity contribution in [1.29, 1.82) is 0 Å². The SMILES string of the molecule is CCCc1noc(CCCC(=O)NCC[C@H](C)c2ccccc2)n1. The molecule has 0 aliphatic heterocycles.